The van der Waals surface area contributed by atoms with Crippen LogP contribution < -0.4 is 10.1 Å². The van der Waals surface area contributed by atoms with Gasteiger partial charge >= 0.3 is 0 Å². The minimum atomic E-state index is -0.436. The summed E-state index contributed by atoms with van der Waals surface area (Å²) >= 11 is 5.98. The van der Waals surface area contributed by atoms with Crippen molar-refractivity contribution in [2.45, 2.75) is 0 Å². The van der Waals surface area contributed by atoms with E-state index in [4.69, 9.17) is 16.3 Å². The quantitative estimate of drug-likeness (QED) is 0.821. The number of hydrogen-bond donors (Lipinski definition) is 1. The molecule has 0 aliphatic carbocycles. The third-order valence-corrected chi connectivity index (χ3v) is 3.77. The van der Waals surface area contributed by atoms with Crippen LogP contribution in [0, 0.1) is 5.82 Å². The van der Waals surface area contributed by atoms with Crippen LogP contribution in [-0.4, -0.2) is 43.5 Å². The van der Waals surface area contributed by atoms with Gasteiger partial charge in [0.2, 0.25) is 5.91 Å². The van der Waals surface area contributed by atoms with Gasteiger partial charge in [-0.1, -0.05) is 23.7 Å². The molecule has 2 amide bonds. The van der Waals surface area contributed by atoms with Gasteiger partial charge < -0.3 is 15.0 Å². The second kappa shape index (κ2) is 9.03. The first-order valence-electron chi connectivity index (χ1n) is 7.62. The molecule has 0 atom stereocenters. The predicted molar refractivity (Wildman–Crippen MR) is 93.3 cm³/mol. The molecule has 0 unspecified atom stereocenters. The molecule has 2 aromatic carbocycles. The number of carbonyl (C=O) groups excluding carboxylic acids is 2. The van der Waals surface area contributed by atoms with Crippen molar-refractivity contribution < 1.29 is 18.7 Å². The summed E-state index contributed by atoms with van der Waals surface area (Å²) in [6.07, 6.45) is 0. The smallest absolute Gasteiger partial charge is 0.251 e. The van der Waals surface area contributed by atoms with Gasteiger partial charge in [0.1, 0.15) is 18.2 Å². The summed E-state index contributed by atoms with van der Waals surface area (Å²) in [5.41, 5.74) is 0.291. The fourth-order valence-corrected chi connectivity index (χ4v) is 2.16. The first-order chi connectivity index (χ1) is 12.0. The monoisotopic (exact) mass is 364 g/mol. The van der Waals surface area contributed by atoms with Crippen LogP contribution in [0.3, 0.4) is 0 Å². The number of benzene rings is 2. The highest BCUT2D eigenvalue weighted by Gasteiger charge is 2.12. The summed E-state index contributed by atoms with van der Waals surface area (Å²) in [6, 6.07) is 12.2. The normalized spacial score (nSPS) is 10.2. The molecule has 25 heavy (non-hydrogen) atoms. The van der Waals surface area contributed by atoms with E-state index in [2.05, 4.69) is 5.32 Å². The minimum Gasteiger partial charge on any atom is -0.490 e. The van der Waals surface area contributed by atoms with E-state index in [1.807, 2.05) is 0 Å². The van der Waals surface area contributed by atoms with E-state index in [1.165, 1.54) is 29.2 Å². The average Bonchev–Trinajstić information content (AvgIpc) is 2.61. The zero-order valence-corrected chi connectivity index (χ0v) is 14.4. The topological polar surface area (TPSA) is 58.6 Å². The van der Waals surface area contributed by atoms with Crippen molar-refractivity contribution in [3.8, 4) is 5.75 Å². The van der Waals surface area contributed by atoms with Gasteiger partial charge in [-0.15, -0.1) is 0 Å². The Balaban J connectivity index is 1.73. The van der Waals surface area contributed by atoms with Crippen molar-refractivity contribution in [3.05, 3.63) is 64.9 Å². The van der Waals surface area contributed by atoms with E-state index in [0.29, 0.717) is 22.9 Å². The van der Waals surface area contributed by atoms with Gasteiger partial charge in [0.15, 0.2) is 0 Å². The van der Waals surface area contributed by atoms with Gasteiger partial charge in [-0.05, 0) is 36.4 Å². The largest absolute Gasteiger partial charge is 0.490 e. The van der Waals surface area contributed by atoms with Crippen LogP contribution in [0.5, 0.6) is 5.75 Å². The van der Waals surface area contributed by atoms with E-state index in [0.717, 1.165) is 0 Å². The molecule has 7 heteroatoms. The predicted octanol–water partition coefficient (Wildman–Crippen LogP) is 2.75. The first-order valence-corrected chi connectivity index (χ1v) is 8.00. The van der Waals surface area contributed by atoms with E-state index in [1.54, 1.807) is 31.3 Å². The Morgan fingerprint density at radius 1 is 1.16 bits per heavy atom. The molecular weight excluding hydrogens is 347 g/mol. The van der Waals surface area contributed by atoms with Crippen LogP contribution in [0.25, 0.3) is 0 Å². The Bertz CT molecular complexity index is 737. The van der Waals surface area contributed by atoms with Crippen LogP contribution in [0.15, 0.2) is 48.5 Å². The molecule has 5 nitrogen and oxygen atoms in total. The van der Waals surface area contributed by atoms with Gasteiger partial charge in [-0.25, -0.2) is 4.39 Å². The molecule has 0 bridgehead atoms. The molecule has 0 fully saturated rings. The van der Waals surface area contributed by atoms with Crippen molar-refractivity contribution in [1.29, 1.82) is 0 Å². The van der Waals surface area contributed by atoms with Crippen molar-refractivity contribution in [2.75, 3.05) is 26.7 Å². The number of halogens is 2. The fraction of sp³-hybridized carbons (Fsp3) is 0.222. The zero-order valence-electron chi connectivity index (χ0n) is 13.7. The molecule has 0 aromatic heterocycles. The summed E-state index contributed by atoms with van der Waals surface area (Å²) in [5.74, 6) is -0.576. The van der Waals surface area contributed by atoms with E-state index in [-0.39, 0.29) is 19.1 Å². The molecule has 0 aliphatic rings. The third-order valence-electron chi connectivity index (χ3n) is 3.45. The Morgan fingerprint density at radius 3 is 2.52 bits per heavy atom. The summed E-state index contributed by atoms with van der Waals surface area (Å²) in [7, 11) is 1.61. The van der Waals surface area contributed by atoms with Crippen molar-refractivity contribution in [1.82, 2.24) is 10.2 Å². The van der Waals surface area contributed by atoms with E-state index >= 15 is 0 Å². The van der Waals surface area contributed by atoms with Crippen LogP contribution in [0.2, 0.25) is 5.02 Å². The van der Waals surface area contributed by atoms with Crippen LogP contribution in [0.4, 0.5) is 4.39 Å². The van der Waals surface area contributed by atoms with Crippen LogP contribution in [-0.2, 0) is 4.79 Å². The lowest BCUT2D eigenvalue weighted by molar-refractivity contribution is -0.129. The van der Waals surface area contributed by atoms with Gasteiger partial charge in [-0.3, -0.25) is 9.59 Å². The molecule has 0 aliphatic heterocycles. The summed E-state index contributed by atoms with van der Waals surface area (Å²) in [6.45, 7) is 0.465. The number of rotatable bonds is 7. The Morgan fingerprint density at radius 2 is 1.84 bits per heavy atom. The molecular formula is C18H18ClFN2O3. The SMILES string of the molecule is CN(CCOc1ccccc1Cl)C(=O)CNC(=O)c1ccc(F)cc1. The number of nitrogens with one attached hydrogen (secondary N) is 1. The van der Waals surface area contributed by atoms with E-state index < -0.39 is 11.7 Å². The van der Waals surface area contributed by atoms with Crippen LogP contribution >= 0.6 is 11.6 Å². The Kier molecular flexibility index (Phi) is 6.77. The number of para-hydroxylation sites is 1. The van der Waals surface area contributed by atoms with Crippen molar-refractivity contribution >= 4 is 23.4 Å². The standard InChI is InChI=1S/C18H18ClFN2O3/c1-22(10-11-25-16-5-3-2-4-15(16)19)17(23)12-21-18(24)13-6-8-14(20)9-7-13/h2-9H,10-12H2,1H3,(H,21,24). The van der Waals surface area contributed by atoms with Crippen LogP contribution in [0.1, 0.15) is 10.4 Å². The lowest BCUT2D eigenvalue weighted by Gasteiger charge is -2.18. The summed E-state index contributed by atoms with van der Waals surface area (Å²) in [5, 5.41) is 3.00. The Hall–Kier alpha value is -2.60. The fourth-order valence-electron chi connectivity index (χ4n) is 1.97. The van der Waals surface area contributed by atoms with Crippen molar-refractivity contribution in [2.24, 2.45) is 0 Å². The third kappa shape index (κ3) is 5.76. The highest BCUT2D eigenvalue weighted by atomic mass is 35.5. The first kappa shape index (κ1) is 18.7. The molecule has 2 rings (SSSR count). The molecule has 0 spiro atoms. The second-order valence-corrected chi connectivity index (χ2v) is 5.69. The molecule has 0 saturated carbocycles. The molecule has 0 radical (unpaired) electrons. The van der Waals surface area contributed by atoms with Crippen molar-refractivity contribution in [3.63, 3.8) is 0 Å². The second-order valence-electron chi connectivity index (χ2n) is 5.28. The average molecular weight is 365 g/mol. The maximum Gasteiger partial charge on any atom is 0.251 e. The number of ether oxygens (including phenoxy) is 1. The lowest BCUT2D eigenvalue weighted by Crippen LogP contribution is -2.39. The number of amides is 2. The molecule has 1 N–H and O–H groups in total. The number of carbonyl (C=O) groups is 2. The molecule has 0 heterocycles. The highest BCUT2D eigenvalue weighted by Crippen LogP contribution is 2.22. The summed E-state index contributed by atoms with van der Waals surface area (Å²) < 4.78 is 18.3. The van der Waals surface area contributed by atoms with E-state index in [9.17, 15) is 14.0 Å². The maximum atomic E-state index is 12.8. The van der Waals surface area contributed by atoms with Gasteiger partial charge in [0.05, 0.1) is 18.1 Å². The number of hydrogen-bond acceptors (Lipinski definition) is 3. The van der Waals surface area contributed by atoms with Gasteiger partial charge in [0.25, 0.3) is 5.91 Å². The summed E-state index contributed by atoms with van der Waals surface area (Å²) in [4.78, 5) is 25.3. The lowest BCUT2D eigenvalue weighted by atomic mass is 10.2. The minimum absolute atomic E-state index is 0.154. The maximum absolute atomic E-state index is 12.8. The molecule has 132 valence electrons. The number of nitrogens with zero attached hydrogens (tertiary/aromatic N) is 1. The molecule has 2 aromatic rings. The van der Waals surface area contributed by atoms with Gasteiger partial charge in [-0.2, -0.15) is 0 Å². The highest BCUT2D eigenvalue weighted by molar-refractivity contribution is 6.32. The van der Waals surface area contributed by atoms with Gasteiger partial charge in [0, 0.05) is 12.6 Å². The number of likely N-dealkylation sites (N-methyl/N-ethyl adjacent to an activating group) is 1. The zero-order chi connectivity index (χ0) is 18.2. The molecule has 0 saturated heterocycles. The Labute approximate surface area is 150 Å².